The Hall–Kier alpha value is -2.67. The number of nitrogens with zero attached hydrogens (tertiary/aromatic N) is 2. The maximum absolute atomic E-state index is 11.0. The zero-order valence-electron chi connectivity index (χ0n) is 11.0. The van der Waals surface area contributed by atoms with E-state index < -0.39 is 4.92 Å². The Labute approximate surface area is 125 Å². The summed E-state index contributed by atoms with van der Waals surface area (Å²) >= 11 is 5.95. The summed E-state index contributed by atoms with van der Waals surface area (Å²) in [5, 5.41) is 18.6. The van der Waals surface area contributed by atoms with Crippen LogP contribution >= 0.6 is 11.6 Å². The van der Waals surface area contributed by atoms with E-state index in [4.69, 9.17) is 27.5 Å². The van der Waals surface area contributed by atoms with Crippen molar-refractivity contribution in [3.8, 4) is 11.6 Å². The highest BCUT2D eigenvalue weighted by molar-refractivity contribution is 6.32. The molecule has 0 spiro atoms. The van der Waals surface area contributed by atoms with Crippen LogP contribution in [0.2, 0.25) is 5.02 Å². The molecule has 2 rings (SSSR count). The van der Waals surface area contributed by atoms with Crippen molar-refractivity contribution >= 4 is 23.1 Å². The van der Waals surface area contributed by atoms with E-state index in [0.717, 1.165) is 0 Å². The van der Waals surface area contributed by atoms with Crippen LogP contribution < -0.4 is 10.5 Å². The molecular formula is C13H11ClN4O3. The van der Waals surface area contributed by atoms with Gasteiger partial charge >= 0.3 is 5.69 Å². The lowest BCUT2D eigenvalue weighted by atomic mass is 10.2. The predicted octanol–water partition coefficient (Wildman–Crippen LogP) is 3.03. The average Bonchev–Trinajstić information content (AvgIpc) is 2.40. The van der Waals surface area contributed by atoms with Gasteiger partial charge in [0.15, 0.2) is 0 Å². The number of rotatable bonds is 4. The monoisotopic (exact) mass is 306 g/mol. The van der Waals surface area contributed by atoms with Gasteiger partial charge in [-0.05, 0) is 25.1 Å². The van der Waals surface area contributed by atoms with Gasteiger partial charge in [0.2, 0.25) is 11.6 Å². The van der Waals surface area contributed by atoms with Crippen LogP contribution in [0.5, 0.6) is 11.6 Å². The molecule has 0 aliphatic heterocycles. The highest BCUT2D eigenvalue weighted by Crippen LogP contribution is 2.38. The fraction of sp³-hybridized carbons (Fsp3) is 0.0769. The molecule has 7 nitrogen and oxygen atoms in total. The Kier molecular flexibility index (Phi) is 4.04. The Morgan fingerprint density at radius 3 is 2.76 bits per heavy atom. The maximum atomic E-state index is 11.0. The minimum absolute atomic E-state index is 0.00120. The normalized spacial score (nSPS) is 10.2. The number of nitrogens with two attached hydrogens (primary N) is 1. The van der Waals surface area contributed by atoms with Crippen LogP contribution in [0.3, 0.4) is 0 Å². The largest absolute Gasteiger partial charge is 0.429 e. The molecule has 0 amide bonds. The molecule has 1 aromatic carbocycles. The molecule has 108 valence electrons. The van der Waals surface area contributed by atoms with Crippen molar-refractivity contribution < 1.29 is 9.66 Å². The summed E-state index contributed by atoms with van der Waals surface area (Å²) in [4.78, 5) is 14.5. The van der Waals surface area contributed by atoms with Crippen LogP contribution in [0.25, 0.3) is 0 Å². The number of nitrogen functional groups attached to an aromatic ring is 1. The van der Waals surface area contributed by atoms with Gasteiger partial charge < -0.3 is 10.5 Å². The standard InChI is InChI=1S/C13H11ClN4O3/c1-7-5-6-8(12(15)16)13(17-7)21-11-9(14)3-2-4-10(11)18(19)20/h2-6H,1H3,(H3,15,16). The molecule has 0 atom stereocenters. The second-order valence-electron chi connectivity index (χ2n) is 4.17. The van der Waals surface area contributed by atoms with Gasteiger partial charge in [-0.25, -0.2) is 4.98 Å². The first kappa shape index (κ1) is 14.7. The summed E-state index contributed by atoms with van der Waals surface area (Å²) in [7, 11) is 0. The van der Waals surface area contributed by atoms with Gasteiger partial charge in [0.05, 0.1) is 15.5 Å². The Bertz CT molecular complexity index is 733. The van der Waals surface area contributed by atoms with Gasteiger partial charge in [-0.2, -0.15) is 0 Å². The van der Waals surface area contributed by atoms with E-state index in [9.17, 15) is 10.1 Å². The zero-order valence-corrected chi connectivity index (χ0v) is 11.7. The molecule has 0 aliphatic carbocycles. The van der Waals surface area contributed by atoms with Crippen LogP contribution in [0, 0.1) is 22.4 Å². The molecule has 0 fully saturated rings. The summed E-state index contributed by atoms with van der Waals surface area (Å²) < 4.78 is 5.47. The van der Waals surface area contributed by atoms with Crippen molar-refractivity contribution in [2.75, 3.05) is 0 Å². The maximum Gasteiger partial charge on any atom is 0.313 e. The highest BCUT2D eigenvalue weighted by Gasteiger charge is 2.21. The first-order valence-electron chi connectivity index (χ1n) is 5.83. The Morgan fingerprint density at radius 1 is 1.43 bits per heavy atom. The number of halogens is 1. The minimum Gasteiger partial charge on any atom is -0.429 e. The van der Waals surface area contributed by atoms with Crippen molar-refractivity contribution in [3.63, 3.8) is 0 Å². The lowest BCUT2D eigenvalue weighted by Gasteiger charge is -2.11. The summed E-state index contributed by atoms with van der Waals surface area (Å²) in [6, 6.07) is 7.40. The second-order valence-corrected chi connectivity index (χ2v) is 4.57. The van der Waals surface area contributed by atoms with E-state index in [2.05, 4.69) is 4.98 Å². The fourth-order valence-electron chi connectivity index (χ4n) is 1.65. The van der Waals surface area contributed by atoms with Gasteiger partial charge in [0.1, 0.15) is 5.84 Å². The van der Waals surface area contributed by atoms with Gasteiger partial charge in [-0.3, -0.25) is 15.5 Å². The molecule has 1 heterocycles. The number of hydrogen-bond donors (Lipinski definition) is 2. The molecule has 8 heteroatoms. The van der Waals surface area contributed by atoms with Crippen LogP contribution in [0.4, 0.5) is 5.69 Å². The third kappa shape index (κ3) is 3.09. The van der Waals surface area contributed by atoms with Gasteiger partial charge in [0, 0.05) is 11.8 Å². The molecule has 0 radical (unpaired) electrons. The van der Waals surface area contributed by atoms with Crippen LogP contribution in [-0.4, -0.2) is 15.7 Å². The third-order valence-corrected chi connectivity index (χ3v) is 2.93. The minimum atomic E-state index is -0.607. The molecule has 0 unspecified atom stereocenters. The third-order valence-electron chi connectivity index (χ3n) is 2.63. The number of aromatic nitrogens is 1. The Balaban J connectivity index is 2.55. The highest BCUT2D eigenvalue weighted by atomic mass is 35.5. The molecule has 1 aromatic heterocycles. The number of para-hydroxylation sites is 1. The predicted molar refractivity (Wildman–Crippen MR) is 78.2 cm³/mol. The summed E-state index contributed by atoms with van der Waals surface area (Å²) in [6.07, 6.45) is 0. The summed E-state index contributed by atoms with van der Waals surface area (Å²) in [5.74, 6) is -0.393. The quantitative estimate of drug-likeness (QED) is 0.390. The Morgan fingerprint density at radius 2 is 2.14 bits per heavy atom. The summed E-state index contributed by atoms with van der Waals surface area (Å²) in [5.41, 5.74) is 6.01. The number of aryl methyl sites for hydroxylation is 1. The van der Waals surface area contributed by atoms with E-state index in [1.54, 1.807) is 19.1 Å². The van der Waals surface area contributed by atoms with Crippen molar-refractivity contribution in [2.24, 2.45) is 5.73 Å². The molecule has 21 heavy (non-hydrogen) atoms. The van der Waals surface area contributed by atoms with Gasteiger partial charge in [-0.1, -0.05) is 17.7 Å². The molecule has 0 aliphatic rings. The first-order valence-corrected chi connectivity index (χ1v) is 6.20. The van der Waals surface area contributed by atoms with Crippen molar-refractivity contribution in [1.82, 2.24) is 4.98 Å². The average molecular weight is 307 g/mol. The number of ether oxygens (including phenoxy) is 1. The van der Waals surface area contributed by atoms with Gasteiger partial charge in [-0.15, -0.1) is 0 Å². The van der Waals surface area contributed by atoms with E-state index in [0.29, 0.717) is 5.69 Å². The molecule has 3 N–H and O–H groups in total. The topological polar surface area (TPSA) is 115 Å². The molecular weight excluding hydrogens is 296 g/mol. The van der Waals surface area contributed by atoms with Crippen LogP contribution in [0.15, 0.2) is 30.3 Å². The zero-order chi connectivity index (χ0) is 15.6. The van der Waals surface area contributed by atoms with Gasteiger partial charge in [0.25, 0.3) is 0 Å². The number of amidine groups is 1. The molecule has 0 saturated heterocycles. The van der Waals surface area contributed by atoms with E-state index in [1.165, 1.54) is 18.2 Å². The SMILES string of the molecule is Cc1ccc(C(=N)N)c(Oc2c(Cl)cccc2[N+](=O)[O-])n1. The number of nitrogens with one attached hydrogen (secondary N) is 1. The van der Waals surface area contributed by atoms with E-state index in [-0.39, 0.29) is 33.7 Å². The number of hydrogen-bond acceptors (Lipinski definition) is 5. The molecule has 0 bridgehead atoms. The lowest BCUT2D eigenvalue weighted by molar-refractivity contribution is -0.385. The summed E-state index contributed by atoms with van der Waals surface area (Å²) in [6.45, 7) is 1.72. The first-order chi connectivity index (χ1) is 9.90. The van der Waals surface area contributed by atoms with Crippen molar-refractivity contribution in [2.45, 2.75) is 6.92 Å². The van der Waals surface area contributed by atoms with Crippen molar-refractivity contribution in [1.29, 1.82) is 5.41 Å². The number of nitro groups is 1. The number of pyridine rings is 1. The molecule has 2 aromatic rings. The van der Waals surface area contributed by atoms with Crippen LogP contribution in [-0.2, 0) is 0 Å². The number of benzene rings is 1. The van der Waals surface area contributed by atoms with E-state index >= 15 is 0 Å². The second kappa shape index (κ2) is 5.76. The van der Waals surface area contributed by atoms with Crippen LogP contribution in [0.1, 0.15) is 11.3 Å². The van der Waals surface area contributed by atoms with Crippen molar-refractivity contribution in [3.05, 3.63) is 56.7 Å². The number of nitro benzene ring substituents is 1. The fourth-order valence-corrected chi connectivity index (χ4v) is 1.86. The lowest BCUT2D eigenvalue weighted by Crippen LogP contribution is -2.13. The molecule has 0 saturated carbocycles. The smallest absolute Gasteiger partial charge is 0.313 e. The van der Waals surface area contributed by atoms with E-state index in [1.807, 2.05) is 0 Å².